The summed E-state index contributed by atoms with van der Waals surface area (Å²) in [5, 5.41) is 17.4. The summed E-state index contributed by atoms with van der Waals surface area (Å²) >= 11 is 0. The predicted octanol–water partition coefficient (Wildman–Crippen LogP) is 2.11. The van der Waals surface area contributed by atoms with Crippen LogP contribution in [0.15, 0.2) is 18.2 Å². The minimum Gasteiger partial charge on any atom is -0.506 e. The van der Waals surface area contributed by atoms with Gasteiger partial charge in [0.2, 0.25) is 0 Å². The molecule has 76 valence electrons. The Balaban J connectivity index is 3.35. The Hall–Kier alpha value is -1.72. The Morgan fingerprint density at radius 2 is 1.86 bits per heavy atom. The van der Waals surface area contributed by atoms with Gasteiger partial charge in [-0.05, 0) is 12.1 Å². The molecule has 0 atom stereocenters. The highest BCUT2D eigenvalue weighted by Gasteiger charge is 2.35. The molecule has 0 aliphatic carbocycles. The zero-order valence-electron chi connectivity index (χ0n) is 6.67. The van der Waals surface area contributed by atoms with Crippen molar-refractivity contribution >= 4 is 5.97 Å². The Morgan fingerprint density at radius 1 is 1.29 bits per heavy atom. The number of benzene rings is 1. The van der Waals surface area contributed by atoms with E-state index in [0.717, 1.165) is 12.1 Å². The van der Waals surface area contributed by atoms with Crippen LogP contribution in [0.3, 0.4) is 0 Å². The Labute approximate surface area is 76.4 Å². The van der Waals surface area contributed by atoms with Crippen molar-refractivity contribution in [3.05, 3.63) is 29.3 Å². The number of carboxylic acid groups (broad SMARTS) is 1. The Kier molecular flexibility index (Phi) is 2.37. The quantitative estimate of drug-likeness (QED) is 0.739. The number of para-hydroxylation sites is 1. The highest BCUT2D eigenvalue weighted by atomic mass is 19.4. The van der Waals surface area contributed by atoms with E-state index < -0.39 is 29.0 Å². The number of hydrogen-bond acceptors (Lipinski definition) is 2. The third kappa shape index (κ3) is 1.78. The van der Waals surface area contributed by atoms with E-state index in [9.17, 15) is 18.0 Å². The number of alkyl halides is 3. The van der Waals surface area contributed by atoms with Crippen LogP contribution >= 0.6 is 0 Å². The van der Waals surface area contributed by atoms with Gasteiger partial charge in [0.05, 0.1) is 5.56 Å². The highest BCUT2D eigenvalue weighted by molar-refractivity contribution is 5.91. The molecule has 2 N–H and O–H groups in total. The van der Waals surface area contributed by atoms with Gasteiger partial charge in [0.25, 0.3) is 0 Å². The average molecular weight is 206 g/mol. The molecule has 0 aliphatic heterocycles. The Bertz CT molecular complexity index is 371. The van der Waals surface area contributed by atoms with Crippen molar-refractivity contribution in [1.82, 2.24) is 0 Å². The summed E-state index contributed by atoms with van der Waals surface area (Å²) in [6, 6.07) is 2.43. The lowest BCUT2D eigenvalue weighted by Gasteiger charge is -2.09. The first kappa shape index (κ1) is 10.4. The van der Waals surface area contributed by atoms with Crippen LogP contribution in [0.5, 0.6) is 5.75 Å². The largest absolute Gasteiger partial charge is 0.506 e. The summed E-state index contributed by atoms with van der Waals surface area (Å²) in [5.74, 6) is -2.86. The Morgan fingerprint density at radius 3 is 2.29 bits per heavy atom. The van der Waals surface area contributed by atoms with E-state index in [1.165, 1.54) is 0 Å². The summed E-state index contributed by atoms with van der Waals surface area (Å²) in [4.78, 5) is 10.4. The number of halogens is 3. The maximum atomic E-state index is 12.1. The van der Waals surface area contributed by atoms with Crippen LogP contribution in [0.1, 0.15) is 15.9 Å². The maximum absolute atomic E-state index is 12.1. The van der Waals surface area contributed by atoms with Crippen molar-refractivity contribution in [2.24, 2.45) is 0 Å². The van der Waals surface area contributed by atoms with Crippen LogP contribution in [0.4, 0.5) is 13.2 Å². The van der Waals surface area contributed by atoms with E-state index >= 15 is 0 Å². The van der Waals surface area contributed by atoms with Crippen molar-refractivity contribution in [2.75, 3.05) is 0 Å². The number of carbonyl (C=O) groups is 1. The lowest BCUT2D eigenvalue weighted by atomic mass is 10.1. The summed E-state index contributed by atoms with van der Waals surface area (Å²) < 4.78 is 36.4. The van der Waals surface area contributed by atoms with E-state index in [4.69, 9.17) is 10.2 Å². The molecule has 14 heavy (non-hydrogen) atoms. The molecule has 0 spiro atoms. The van der Waals surface area contributed by atoms with Crippen LogP contribution in [0, 0.1) is 0 Å². The third-order valence-corrected chi connectivity index (χ3v) is 1.57. The van der Waals surface area contributed by atoms with E-state index in [1.807, 2.05) is 0 Å². The smallest absolute Gasteiger partial charge is 0.419 e. The van der Waals surface area contributed by atoms with Crippen LogP contribution in [0.2, 0.25) is 0 Å². The molecule has 0 fully saturated rings. The second-order valence-electron chi connectivity index (χ2n) is 2.50. The number of aromatic hydroxyl groups is 1. The van der Waals surface area contributed by atoms with E-state index in [1.54, 1.807) is 0 Å². The molecular formula is C8H5F3O3. The first-order valence-electron chi connectivity index (χ1n) is 3.46. The van der Waals surface area contributed by atoms with Gasteiger partial charge in [-0.25, -0.2) is 4.79 Å². The normalized spacial score (nSPS) is 11.4. The van der Waals surface area contributed by atoms with Gasteiger partial charge in [-0.1, -0.05) is 6.07 Å². The van der Waals surface area contributed by atoms with E-state index in [2.05, 4.69) is 0 Å². The van der Waals surface area contributed by atoms with E-state index in [-0.39, 0.29) is 0 Å². The molecule has 0 bridgehead atoms. The van der Waals surface area contributed by atoms with Crippen LogP contribution < -0.4 is 0 Å². The zero-order valence-corrected chi connectivity index (χ0v) is 6.67. The van der Waals surface area contributed by atoms with Gasteiger partial charge in [-0.2, -0.15) is 13.2 Å². The highest BCUT2D eigenvalue weighted by Crippen LogP contribution is 2.37. The minimum atomic E-state index is -4.75. The second kappa shape index (κ2) is 3.21. The van der Waals surface area contributed by atoms with Gasteiger partial charge in [0, 0.05) is 0 Å². The molecule has 1 aromatic rings. The van der Waals surface area contributed by atoms with Crippen molar-refractivity contribution < 1.29 is 28.2 Å². The van der Waals surface area contributed by atoms with Gasteiger partial charge in [0.15, 0.2) is 0 Å². The molecular weight excluding hydrogens is 201 g/mol. The fourth-order valence-electron chi connectivity index (χ4n) is 0.945. The molecule has 0 radical (unpaired) electrons. The number of hydrogen-bond donors (Lipinski definition) is 2. The third-order valence-electron chi connectivity index (χ3n) is 1.57. The fraction of sp³-hybridized carbons (Fsp3) is 0.125. The minimum absolute atomic E-state index is 0.613. The number of carboxylic acids is 1. The topological polar surface area (TPSA) is 57.5 Å². The monoisotopic (exact) mass is 206 g/mol. The van der Waals surface area contributed by atoms with E-state index in [0.29, 0.717) is 6.07 Å². The summed E-state index contributed by atoms with van der Waals surface area (Å²) in [5.41, 5.74) is -2.11. The lowest BCUT2D eigenvalue weighted by Crippen LogP contribution is -2.08. The van der Waals surface area contributed by atoms with Crippen LogP contribution in [-0.2, 0) is 6.18 Å². The first-order valence-corrected chi connectivity index (χ1v) is 3.46. The molecule has 0 aliphatic rings. The molecule has 6 heteroatoms. The average Bonchev–Trinajstić information content (AvgIpc) is 2.01. The van der Waals surface area contributed by atoms with Crippen LogP contribution in [0.25, 0.3) is 0 Å². The molecule has 1 aromatic carbocycles. The predicted molar refractivity (Wildman–Crippen MR) is 40.1 cm³/mol. The van der Waals surface area contributed by atoms with Gasteiger partial charge in [0.1, 0.15) is 11.3 Å². The standard InChI is InChI=1S/C8H5F3O3/c9-8(10,11)5-3-1-2-4(6(5)12)7(13)14/h1-3,12H,(H,13,14). The van der Waals surface area contributed by atoms with Gasteiger partial charge in [-0.3, -0.25) is 0 Å². The fourth-order valence-corrected chi connectivity index (χ4v) is 0.945. The number of aromatic carboxylic acids is 1. The molecule has 0 aromatic heterocycles. The lowest BCUT2D eigenvalue weighted by molar-refractivity contribution is -0.138. The number of rotatable bonds is 1. The first-order chi connectivity index (χ1) is 6.34. The summed E-state index contributed by atoms with van der Waals surface area (Å²) in [7, 11) is 0. The van der Waals surface area contributed by atoms with Gasteiger partial charge in [-0.15, -0.1) is 0 Å². The molecule has 0 saturated heterocycles. The molecule has 0 unspecified atom stereocenters. The van der Waals surface area contributed by atoms with Crippen LogP contribution in [-0.4, -0.2) is 16.2 Å². The molecule has 0 amide bonds. The maximum Gasteiger partial charge on any atom is 0.419 e. The summed E-state index contributed by atoms with van der Waals surface area (Å²) in [6.45, 7) is 0. The molecule has 1 rings (SSSR count). The van der Waals surface area contributed by atoms with Crippen molar-refractivity contribution in [1.29, 1.82) is 0 Å². The van der Waals surface area contributed by atoms with Gasteiger partial charge >= 0.3 is 12.1 Å². The second-order valence-corrected chi connectivity index (χ2v) is 2.50. The van der Waals surface area contributed by atoms with Crippen molar-refractivity contribution in [2.45, 2.75) is 6.18 Å². The zero-order chi connectivity index (χ0) is 10.9. The number of phenols is 1. The molecule has 0 saturated carbocycles. The van der Waals surface area contributed by atoms with Gasteiger partial charge < -0.3 is 10.2 Å². The van der Waals surface area contributed by atoms with Crippen molar-refractivity contribution in [3.8, 4) is 5.75 Å². The SMILES string of the molecule is O=C(O)c1cccc(C(F)(F)F)c1O. The molecule has 0 heterocycles. The summed E-state index contributed by atoms with van der Waals surface area (Å²) in [6.07, 6.45) is -4.75. The van der Waals surface area contributed by atoms with Crippen molar-refractivity contribution in [3.63, 3.8) is 0 Å². The molecule has 3 nitrogen and oxygen atoms in total.